The lowest BCUT2D eigenvalue weighted by Gasteiger charge is -2.31. The summed E-state index contributed by atoms with van der Waals surface area (Å²) in [5, 5.41) is 0. The minimum Gasteiger partial charge on any atom is -0.330 e. The molecule has 16 heavy (non-hydrogen) atoms. The average molecular weight is 219 g/mol. The van der Waals surface area contributed by atoms with Gasteiger partial charge < -0.3 is 5.73 Å². The molecular formula is C13H21N3. The summed E-state index contributed by atoms with van der Waals surface area (Å²) in [6.07, 6.45) is 7.17. The molecule has 0 bridgehead atoms. The molecule has 0 fully saturated rings. The molecule has 0 atom stereocenters. The van der Waals surface area contributed by atoms with Crippen molar-refractivity contribution >= 4 is 0 Å². The second kappa shape index (κ2) is 4.50. The van der Waals surface area contributed by atoms with Crippen LogP contribution in [0, 0.1) is 5.41 Å². The number of nitrogens with zero attached hydrogens (tertiary/aromatic N) is 2. The van der Waals surface area contributed by atoms with Crippen molar-refractivity contribution in [2.75, 3.05) is 6.54 Å². The Morgan fingerprint density at radius 1 is 1.38 bits per heavy atom. The van der Waals surface area contributed by atoms with Crippen LogP contribution in [0.25, 0.3) is 0 Å². The quantitative estimate of drug-likeness (QED) is 0.844. The molecule has 1 heterocycles. The van der Waals surface area contributed by atoms with Crippen molar-refractivity contribution in [1.82, 2.24) is 9.97 Å². The third kappa shape index (κ3) is 2.40. The monoisotopic (exact) mass is 219 g/mol. The fraction of sp³-hybridized carbons (Fsp3) is 0.692. The Kier molecular flexibility index (Phi) is 3.24. The van der Waals surface area contributed by atoms with E-state index < -0.39 is 0 Å². The molecule has 3 heteroatoms. The first kappa shape index (κ1) is 11.5. The minimum atomic E-state index is 0.398. The number of aromatic nitrogens is 2. The summed E-state index contributed by atoms with van der Waals surface area (Å²) in [5.74, 6) is 0. The number of hydrogen-bond acceptors (Lipinski definition) is 3. The molecule has 88 valence electrons. The van der Waals surface area contributed by atoms with Crippen molar-refractivity contribution in [3.63, 3.8) is 0 Å². The zero-order chi connectivity index (χ0) is 11.6. The van der Waals surface area contributed by atoms with Crippen molar-refractivity contribution in [1.29, 1.82) is 0 Å². The lowest BCUT2D eigenvalue weighted by Crippen LogP contribution is -2.25. The molecule has 0 radical (unpaired) electrons. The van der Waals surface area contributed by atoms with Gasteiger partial charge in [0, 0.05) is 11.4 Å². The predicted octanol–water partition coefficient (Wildman–Crippen LogP) is 1.88. The summed E-state index contributed by atoms with van der Waals surface area (Å²) in [6, 6.07) is 0. The Labute approximate surface area is 97.5 Å². The second-order valence-electron chi connectivity index (χ2n) is 5.48. The molecular weight excluding hydrogens is 198 g/mol. The maximum Gasteiger partial charge on any atom is 0.115 e. The van der Waals surface area contributed by atoms with Gasteiger partial charge in [0.2, 0.25) is 0 Å². The van der Waals surface area contributed by atoms with E-state index in [2.05, 4.69) is 23.8 Å². The molecule has 3 nitrogen and oxygen atoms in total. The van der Waals surface area contributed by atoms with Crippen LogP contribution in [0.1, 0.15) is 43.6 Å². The smallest absolute Gasteiger partial charge is 0.115 e. The topological polar surface area (TPSA) is 51.8 Å². The molecule has 1 aliphatic rings. The van der Waals surface area contributed by atoms with Gasteiger partial charge in [0.15, 0.2) is 0 Å². The van der Waals surface area contributed by atoms with Gasteiger partial charge in [-0.25, -0.2) is 9.97 Å². The number of aryl methyl sites for hydroxylation is 2. The molecule has 1 aliphatic carbocycles. The zero-order valence-electron chi connectivity index (χ0n) is 10.3. The normalized spacial score (nSPS) is 18.2. The molecule has 0 saturated carbocycles. The molecule has 0 aliphatic heterocycles. The minimum absolute atomic E-state index is 0.398. The van der Waals surface area contributed by atoms with Crippen LogP contribution in [0.15, 0.2) is 6.33 Å². The lowest BCUT2D eigenvalue weighted by molar-refractivity contribution is 0.310. The van der Waals surface area contributed by atoms with E-state index in [1.165, 1.54) is 23.4 Å². The van der Waals surface area contributed by atoms with Gasteiger partial charge in [0.05, 0.1) is 0 Å². The van der Waals surface area contributed by atoms with Gasteiger partial charge in [-0.3, -0.25) is 0 Å². The van der Waals surface area contributed by atoms with Crippen molar-refractivity contribution in [2.24, 2.45) is 11.1 Å². The van der Waals surface area contributed by atoms with E-state index in [1.807, 2.05) is 0 Å². The summed E-state index contributed by atoms with van der Waals surface area (Å²) in [5.41, 5.74) is 9.85. The van der Waals surface area contributed by atoms with E-state index in [9.17, 15) is 0 Å². The van der Waals surface area contributed by atoms with Gasteiger partial charge in [-0.1, -0.05) is 13.8 Å². The van der Waals surface area contributed by atoms with Gasteiger partial charge in [0.1, 0.15) is 6.33 Å². The van der Waals surface area contributed by atoms with Gasteiger partial charge in [-0.05, 0) is 49.6 Å². The first-order chi connectivity index (χ1) is 7.62. The molecule has 1 aromatic heterocycles. The Bertz CT molecular complexity index is 371. The fourth-order valence-electron chi connectivity index (χ4n) is 2.42. The number of fused-ring (bicyclic) bond motifs is 1. The van der Waals surface area contributed by atoms with E-state index in [0.29, 0.717) is 5.41 Å². The van der Waals surface area contributed by atoms with Crippen LogP contribution >= 0.6 is 0 Å². The van der Waals surface area contributed by atoms with Crippen LogP contribution in [-0.2, 0) is 19.3 Å². The molecule has 0 amide bonds. The Morgan fingerprint density at radius 3 is 2.94 bits per heavy atom. The van der Waals surface area contributed by atoms with Crippen LogP contribution in [0.3, 0.4) is 0 Å². The van der Waals surface area contributed by atoms with E-state index >= 15 is 0 Å². The zero-order valence-corrected chi connectivity index (χ0v) is 10.3. The molecule has 2 N–H and O–H groups in total. The highest BCUT2D eigenvalue weighted by atomic mass is 14.8. The highest BCUT2D eigenvalue weighted by molar-refractivity contribution is 5.28. The molecule has 0 spiro atoms. The van der Waals surface area contributed by atoms with Gasteiger partial charge in [0.25, 0.3) is 0 Å². The lowest BCUT2D eigenvalue weighted by atomic mass is 9.75. The highest BCUT2D eigenvalue weighted by Gasteiger charge is 2.27. The van der Waals surface area contributed by atoms with Crippen LogP contribution < -0.4 is 5.73 Å². The van der Waals surface area contributed by atoms with Crippen molar-refractivity contribution < 1.29 is 0 Å². The van der Waals surface area contributed by atoms with E-state index in [4.69, 9.17) is 5.73 Å². The number of rotatable bonds is 3. The van der Waals surface area contributed by atoms with Crippen LogP contribution in [0.5, 0.6) is 0 Å². The molecule has 0 aromatic carbocycles. The summed E-state index contributed by atoms with van der Waals surface area (Å²) < 4.78 is 0. The van der Waals surface area contributed by atoms with Crippen molar-refractivity contribution in [2.45, 2.75) is 46.0 Å². The maximum atomic E-state index is 5.56. The van der Waals surface area contributed by atoms with E-state index in [-0.39, 0.29) is 0 Å². The molecule has 0 unspecified atom stereocenters. The number of hydrogen-bond donors (Lipinski definition) is 1. The first-order valence-corrected chi connectivity index (χ1v) is 6.14. The SMILES string of the molecule is CC1(C)CCc2ncnc(CCCN)c2C1. The fourth-order valence-corrected chi connectivity index (χ4v) is 2.42. The highest BCUT2D eigenvalue weighted by Crippen LogP contribution is 2.34. The van der Waals surface area contributed by atoms with Gasteiger partial charge in [-0.2, -0.15) is 0 Å². The largest absolute Gasteiger partial charge is 0.330 e. The molecule has 1 aromatic rings. The maximum absolute atomic E-state index is 5.56. The number of nitrogens with two attached hydrogens (primary N) is 1. The third-order valence-corrected chi connectivity index (χ3v) is 3.44. The summed E-state index contributed by atoms with van der Waals surface area (Å²) in [7, 11) is 0. The second-order valence-corrected chi connectivity index (χ2v) is 5.48. The molecule has 0 saturated heterocycles. The van der Waals surface area contributed by atoms with E-state index in [0.717, 1.165) is 32.2 Å². The van der Waals surface area contributed by atoms with E-state index in [1.54, 1.807) is 6.33 Å². The van der Waals surface area contributed by atoms with Crippen LogP contribution in [-0.4, -0.2) is 16.5 Å². The predicted molar refractivity (Wildman–Crippen MR) is 65.2 cm³/mol. The standard InChI is InChI=1S/C13H21N3/c1-13(2)6-5-12-10(8-13)11(4-3-7-14)15-9-16-12/h9H,3-8,14H2,1-2H3. The Morgan fingerprint density at radius 2 is 2.19 bits per heavy atom. The van der Waals surface area contributed by atoms with Crippen molar-refractivity contribution in [3.05, 3.63) is 23.3 Å². The van der Waals surface area contributed by atoms with Crippen LogP contribution in [0.2, 0.25) is 0 Å². The Balaban J connectivity index is 2.27. The summed E-state index contributed by atoms with van der Waals surface area (Å²) in [6.45, 7) is 5.40. The molecule has 2 rings (SSSR count). The van der Waals surface area contributed by atoms with Crippen molar-refractivity contribution in [3.8, 4) is 0 Å². The Hall–Kier alpha value is -0.960. The summed E-state index contributed by atoms with van der Waals surface area (Å²) in [4.78, 5) is 8.84. The third-order valence-electron chi connectivity index (χ3n) is 3.44. The van der Waals surface area contributed by atoms with Crippen LogP contribution in [0.4, 0.5) is 0 Å². The first-order valence-electron chi connectivity index (χ1n) is 6.14. The summed E-state index contributed by atoms with van der Waals surface area (Å²) >= 11 is 0. The average Bonchev–Trinajstić information content (AvgIpc) is 2.25. The van der Waals surface area contributed by atoms with Gasteiger partial charge in [-0.15, -0.1) is 0 Å². The van der Waals surface area contributed by atoms with Gasteiger partial charge >= 0.3 is 0 Å².